The fraction of sp³-hybridized carbons (Fsp3) is 0.462. The Hall–Kier alpha value is -1.69. The number of carbonyl (C=O) groups is 2. The van der Waals surface area contributed by atoms with Crippen molar-refractivity contribution in [3.8, 4) is 0 Å². The summed E-state index contributed by atoms with van der Waals surface area (Å²) in [5.41, 5.74) is 0.702. The van der Waals surface area contributed by atoms with E-state index in [1.54, 1.807) is 6.08 Å². The monoisotopic (exact) mass is 282 g/mol. The molecule has 0 aliphatic rings. The van der Waals surface area contributed by atoms with Crippen molar-refractivity contribution in [2.45, 2.75) is 33.2 Å². The molecule has 1 heterocycles. The Labute approximate surface area is 116 Å². The molecule has 104 valence electrons. The van der Waals surface area contributed by atoms with Gasteiger partial charge in [-0.05, 0) is 25.3 Å². The predicted octanol–water partition coefficient (Wildman–Crippen LogP) is 2.08. The standard InChI is InChI=1S/C13H18N2O3S/c1-8(2)6-11(13(17)18)15-12(16)5-4-10-7-19-9(3)14-10/h4-5,7-8,11H,6H2,1-3H3,(H,15,16)(H,17,18)/b5-4+/t11-/m0/s1. The van der Waals surface area contributed by atoms with Crippen LogP contribution in [0.5, 0.6) is 0 Å². The van der Waals surface area contributed by atoms with Gasteiger partial charge in [0.15, 0.2) is 0 Å². The first-order valence-corrected chi connectivity index (χ1v) is 6.90. The molecule has 0 saturated heterocycles. The molecular formula is C13H18N2O3S. The van der Waals surface area contributed by atoms with Crippen LogP contribution in [0.4, 0.5) is 0 Å². The van der Waals surface area contributed by atoms with Gasteiger partial charge in [-0.1, -0.05) is 13.8 Å². The average Bonchev–Trinajstić information content (AvgIpc) is 2.71. The van der Waals surface area contributed by atoms with Crippen LogP contribution in [0.1, 0.15) is 31.0 Å². The molecule has 0 aliphatic carbocycles. The van der Waals surface area contributed by atoms with E-state index in [9.17, 15) is 9.59 Å². The summed E-state index contributed by atoms with van der Waals surface area (Å²) in [5, 5.41) is 14.2. The molecule has 0 unspecified atom stereocenters. The Balaban J connectivity index is 2.57. The summed E-state index contributed by atoms with van der Waals surface area (Å²) in [5.74, 6) is -1.23. The van der Waals surface area contributed by atoms with E-state index in [4.69, 9.17) is 5.11 Å². The minimum Gasteiger partial charge on any atom is -0.480 e. The normalized spacial score (nSPS) is 12.8. The van der Waals surface area contributed by atoms with Crippen molar-refractivity contribution in [1.29, 1.82) is 0 Å². The van der Waals surface area contributed by atoms with Gasteiger partial charge in [-0.3, -0.25) is 4.79 Å². The maximum Gasteiger partial charge on any atom is 0.326 e. The summed E-state index contributed by atoms with van der Waals surface area (Å²) < 4.78 is 0. The van der Waals surface area contributed by atoms with Gasteiger partial charge in [-0.2, -0.15) is 0 Å². The molecule has 1 rings (SSSR count). The van der Waals surface area contributed by atoms with Crippen LogP contribution in [-0.4, -0.2) is 28.0 Å². The third kappa shape index (κ3) is 5.65. The Morgan fingerprint density at radius 1 is 1.53 bits per heavy atom. The number of nitrogens with zero attached hydrogens (tertiary/aromatic N) is 1. The van der Waals surface area contributed by atoms with E-state index in [2.05, 4.69) is 10.3 Å². The Morgan fingerprint density at radius 2 is 2.21 bits per heavy atom. The highest BCUT2D eigenvalue weighted by atomic mass is 32.1. The fourth-order valence-corrected chi connectivity index (χ4v) is 2.11. The summed E-state index contributed by atoms with van der Waals surface area (Å²) in [4.78, 5) is 26.8. The maximum atomic E-state index is 11.6. The number of carboxylic acid groups (broad SMARTS) is 1. The molecule has 1 amide bonds. The van der Waals surface area contributed by atoms with Gasteiger partial charge >= 0.3 is 5.97 Å². The molecule has 0 saturated carbocycles. The molecule has 1 aromatic heterocycles. The molecule has 6 heteroatoms. The van der Waals surface area contributed by atoms with Crippen LogP contribution in [0.15, 0.2) is 11.5 Å². The largest absolute Gasteiger partial charge is 0.480 e. The third-order valence-electron chi connectivity index (χ3n) is 2.36. The van der Waals surface area contributed by atoms with Crippen LogP contribution in [-0.2, 0) is 9.59 Å². The number of carboxylic acids is 1. The maximum absolute atomic E-state index is 11.6. The van der Waals surface area contributed by atoms with Crippen LogP contribution >= 0.6 is 11.3 Å². The number of aryl methyl sites for hydroxylation is 1. The number of rotatable bonds is 6. The molecule has 0 bridgehead atoms. The van der Waals surface area contributed by atoms with Gasteiger partial charge in [0.2, 0.25) is 5.91 Å². The van der Waals surface area contributed by atoms with Crippen molar-refractivity contribution >= 4 is 29.3 Å². The number of aliphatic carboxylic acids is 1. The summed E-state index contributed by atoms with van der Waals surface area (Å²) >= 11 is 1.50. The van der Waals surface area contributed by atoms with Crippen LogP contribution in [0, 0.1) is 12.8 Å². The Kier molecular flexibility index (Phi) is 5.69. The quantitative estimate of drug-likeness (QED) is 0.783. The van der Waals surface area contributed by atoms with Gasteiger partial charge < -0.3 is 10.4 Å². The van der Waals surface area contributed by atoms with E-state index in [0.717, 1.165) is 5.01 Å². The van der Waals surface area contributed by atoms with Gasteiger partial charge in [0.05, 0.1) is 10.7 Å². The molecule has 0 aromatic carbocycles. The van der Waals surface area contributed by atoms with Crippen molar-refractivity contribution in [3.05, 3.63) is 22.2 Å². The highest BCUT2D eigenvalue weighted by Crippen LogP contribution is 2.09. The second-order valence-electron chi connectivity index (χ2n) is 4.65. The highest BCUT2D eigenvalue weighted by molar-refractivity contribution is 7.09. The van der Waals surface area contributed by atoms with Crippen molar-refractivity contribution in [1.82, 2.24) is 10.3 Å². The summed E-state index contributed by atoms with van der Waals surface area (Å²) in [7, 11) is 0. The first kappa shape index (κ1) is 15.4. The molecule has 1 atom stereocenters. The zero-order valence-electron chi connectivity index (χ0n) is 11.2. The number of thiazole rings is 1. The highest BCUT2D eigenvalue weighted by Gasteiger charge is 2.19. The van der Waals surface area contributed by atoms with Crippen molar-refractivity contribution in [3.63, 3.8) is 0 Å². The van der Waals surface area contributed by atoms with E-state index in [1.807, 2.05) is 26.2 Å². The molecule has 1 aromatic rings. The number of aromatic nitrogens is 1. The van der Waals surface area contributed by atoms with E-state index >= 15 is 0 Å². The lowest BCUT2D eigenvalue weighted by Crippen LogP contribution is -2.40. The van der Waals surface area contributed by atoms with Crippen LogP contribution in [0.2, 0.25) is 0 Å². The average molecular weight is 282 g/mol. The first-order valence-electron chi connectivity index (χ1n) is 6.02. The van der Waals surface area contributed by atoms with Crippen LogP contribution in [0.3, 0.4) is 0 Å². The van der Waals surface area contributed by atoms with Crippen LogP contribution in [0.25, 0.3) is 6.08 Å². The Bertz CT molecular complexity index is 480. The lowest BCUT2D eigenvalue weighted by molar-refractivity contribution is -0.141. The second-order valence-corrected chi connectivity index (χ2v) is 5.72. The molecule has 2 N–H and O–H groups in total. The number of nitrogens with one attached hydrogen (secondary N) is 1. The molecule has 19 heavy (non-hydrogen) atoms. The fourth-order valence-electron chi connectivity index (χ4n) is 1.53. The molecule has 0 radical (unpaired) electrons. The SMILES string of the molecule is Cc1nc(/C=C/C(=O)N[C@@H](CC(C)C)C(=O)O)cs1. The summed E-state index contributed by atoms with van der Waals surface area (Å²) in [6.07, 6.45) is 3.29. The lowest BCUT2D eigenvalue weighted by atomic mass is 10.0. The number of hydrogen-bond donors (Lipinski definition) is 2. The number of amides is 1. The van der Waals surface area contributed by atoms with Crippen molar-refractivity contribution < 1.29 is 14.7 Å². The predicted molar refractivity (Wildman–Crippen MR) is 74.9 cm³/mol. The number of carbonyl (C=O) groups excluding carboxylic acids is 1. The first-order chi connectivity index (χ1) is 8.88. The van der Waals surface area contributed by atoms with E-state index in [-0.39, 0.29) is 5.92 Å². The van der Waals surface area contributed by atoms with Gasteiger partial charge in [0, 0.05) is 11.5 Å². The molecule has 5 nitrogen and oxygen atoms in total. The molecule has 0 aliphatic heterocycles. The minimum atomic E-state index is -1.01. The number of hydrogen-bond acceptors (Lipinski definition) is 4. The Morgan fingerprint density at radius 3 is 2.68 bits per heavy atom. The molecule has 0 spiro atoms. The topological polar surface area (TPSA) is 79.3 Å². The van der Waals surface area contributed by atoms with E-state index in [1.165, 1.54) is 17.4 Å². The molecular weight excluding hydrogens is 264 g/mol. The zero-order valence-corrected chi connectivity index (χ0v) is 12.0. The zero-order chi connectivity index (χ0) is 14.4. The van der Waals surface area contributed by atoms with Gasteiger partial charge in [-0.15, -0.1) is 11.3 Å². The lowest BCUT2D eigenvalue weighted by Gasteiger charge is -2.15. The summed E-state index contributed by atoms with van der Waals surface area (Å²) in [6, 6.07) is -0.852. The second kappa shape index (κ2) is 7.04. The third-order valence-corrected chi connectivity index (χ3v) is 3.16. The van der Waals surface area contributed by atoms with Gasteiger partial charge in [0.25, 0.3) is 0 Å². The van der Waals surface area contributed by atoms with Gasteiger partial charge in [0.1, 0.15) is 6.04 Å². The van der Waals surface area contributed by atoms with Crippen molar-refractivity contribution in [2.24, 2.45) is 5.92 Å². The van der Waals surface area contributed by atoms with E-state index in [0.29, 0.717) is 12.1 Å². The summed E-state index contributed by atoms with van der Waals surface area (Å²) in [6.45, 7) is 5.71. The molecule has 0 fully saturated rings. The smallest absolute Gasteiger partial charge is 0.326 e. The van der Waals surface area contributed by atoms with E-state index < -0.39 is 17.9 Å². The van der Waals surface area contributed by atoms with Crippen molar-refractivity contribution in [2.75, 3.05) is 0 Å². The van der Waals surface area contributed by atoms with Crippen LogP contribution < -0.4 is 5.32 Å². The minimum absolute atomic E-state index is 0.201. The van der Waals surface area contributed by atoms with Gasteiger partial charge in [-0.25, -0.2) is 9.78 Å².